The summed E-state index contributed by atoms with van der Waals surface area (Å²) >= 11 is 1.34. The van der Waals surface area contributed by atoms with Crippen LogP contribution < -0.4 is 5.32 Å². The molecule has 2 aliphatic carbocycles. The maximum Gasteiger partial charge on any atom is 0.341 e. The molecule has 1 aromatic carbocycles. The molecule has 0 saturated heterocycles. The van der Waals surface area contributed by atoms with Crippen molar-refractivity contribution in [3.63, 3.8) is 0 Å². The van der Waals surface area contributed by atoms with E-state index in [1.54, 1.807) is 6.92 Å². The third-order valence-electron chi connectivity index (χ3n) is 7.19. The molecule has 1 amide bonds. The summed E-state index contributed by atoms with van der Waals surface area (Å²) in [4.78, 5) is 39.2. The number of carboxylic acid groups (broad SMARTS) is 1. The molecule has 1 heterocycles. The van der Waals surface area contributed by atoms with E-state index in [1.165, 1.54) is 16.9 Å². The summed E-state index contributed by atoms with van der Waals surface area (Å²) in [6.45, 7) is 8.26. The maximum atomic E-state index is 13.3. The Morgan fingerprint density at radius 1 is 1.12 bits per heavy atom. The molecule has 4 rings (SSSR count). The summed E-state index contributed by atoms with van der Waals surface area (Å²) < 4.78 is 5.36. The van der Waals surface area contributed by atoms with Crippen molar-refractivity contribution in [2.45, 2.75) is 53.4 Å². The fourth-order valence-corrected chi connectivity index (χ4v) is 6.94. The first-order valence-corrected chi connectivity index (χ1v) is 13.0. The molecule has 4 atom stereocenters. The number of hydrogen-bond acceptors (Lipinski definition) is 5. The number of benzene rings is 1. The summed E-state index contributed by atoms with van der Waals surface area (Å²) in [5.41, 5.74) is 3.24. The van der Waals surface area contributed by atoms with Crippen molar-refractivity contribution in [1.82, 2.24) is 0 Å². The lowest BCUT2D eigenvalue weighted by Crippen LogP contribution is -2.37. The molecule has 0 radical (unpaired) electrons. The number of nitrogens with one attached hydrogen (secondary N) is 1. The first-order valence-electron chi connectivity index (χ1n) is 12.1. The lowest BCUT2D eigenvalue weighted by molar-refractivity contribution is -0.148. The summed E-state index contributed by atoms with van der Waals surface area (Å²) in [5, 5.41) is 13.1. The Morgan fingerprint density at radius 2 is 1.76 bits per heavy atom. The third kappa shape index (κ3) is 4.63. The molecule has 7 heteroatoms. The van der Waals surface area contributed by atoms with Crippen LogP contribution in [0.3, 0.4) is 0 Å². The van der Waals surface area contributed by atoms with Crippen molar-refractivity contribution in [3.8, 4) is 11.1 Å². The van der Waals surface area contributed by atoms with Gasteiger partial charge in [0.05, 0.1) is 18.4 Å². The zero-order chi connectivity index (χ0) is 24.6. The van der Waals surface area contributed by atoms with Gasteiger partial charge in [0, 0.05) is 10.4 Å². The third-order valence-corrected chi connectivity index (χ3v) is 8.21. The Morgan fingerprint density at radius 3 is 2.35 bits per heavy atom. The van der Waals surface area contributed by atoms with Crippen molar-refractivity contribution < 1.29 is 24.2 Å². The lowest BCUT2D eigenvalue weighted by Gasteiger charge is -2.27. The summed E-state index contributed by atoms with van der Waals surface area (Å²) in [6, 6.07) is 8.17. The number of fused-ring (bicyclic) bond motifs is 2. The highest BCUT2D eigenvalue weighted by molar-refractivity contribution is 7.17. The van der Waals surface area contributed by atoms with E-state index in [2.05, 4.69) is 31.3 Å². The molecule has 2 aromatic rings. The average Bonchev–Trinajstić information content (AvgIpc) is 3.47. The predicted molar refractivity (Wildman–Crippen MR) is 133 cm³/mol. The van der Waals surface area contributed by atoms with E-state index in [1.807, 2.05) is 19.1 Å². The van der Waals surface area contributed by atoms with Crippen LogP contribution in [0.1, 0.15) is 60.8 Å². The van der Waals surface area contributed by atoms with Gasteiger partial charge in [-0.05, 0) is 68.4 Å². The minimum Gasteiger partial charge on any atom is -0.481 e. The van der Waals surface area contributed by atoms with Gasteiger partial charge in [0.1, 0.15) is 10.6 Å². The molecule has 2 fully saturated rings. The van der Waals surface area contributed by atoms with E-state index in [0.717, 1.165) is 41.7 Å². The second-order valence-electron chi connectivity index (χ2n) is 9.97. The lowest BCUT2D eigenvalue weighted by atomic mass is 9.78. The first kappa shape index (κ1) is 24.5. The van der Waals surface area contributed by atoms with Gasteiger partial charge < -0.3 is 15.2 Å². The molecule has 0 aliphatic heterocycles. The first-order chi connectivity index (χ1) is 16.2. The summed E-state index contributed by atoms with van der Waals surface area (Å²) in [7, 11) is 0. The van der Waals surface area contributed by atoms with Crippen LogP contribution >= 0.6 is 11.3 Å². The molecule has 2 bridgehead atoms. The van der Waals surface area contributed by atoms with Crippen LogP contribution in [0, 0.1) is 36.5 Å². The number of aryl methyl sites for hydroxylation is 1. The molecule has 6 nitrogen and oxygen atoms in total. The Hall–Kier alpha value is -2.67. The van der Waals surface area contributed by atoms with Crippen LogP contribution in [0.25, 0.3) is 11.1 Å². The Balaban J connectivity index is 1.67. The smallest absolute Gasteiger partial charge is 0.341 e. The summed E-state index contributed by atoms with van der Waals surface area (Å²) in [5.74, 6) is -2.20. The predicted octanol–water partition coefficient (Wildman–Crippen LogP) is 5.78. The number of rotatable bonds is 8. The zero-order valence-corrected chi connectivity index (χ0v) is 21.0. The Kier molecular flexibility index (Phi) is 7.12. The monoisotopic (exact) mass is 483 g/mol. The standard InChI is InChI=1S/C27H33NO5S/c1-5-33-27(32)23-20(17-8-6-16(7-9-17)12-14(2)3)15(4)34-25(23)28-24(29)21-18-10-11-19(13-18)22(21)26(30)31/h6-9,14,18-19,21-22H,5,10-13H2,1-4H3,(H,28,29)(H,30,31)/t18-,19-,21-,22-/m0/s1. The molecule has 182 valence electrons. The van der Waals surface area contributed by atoms with Gasteiger partial charge in [-0.25, -0.2) is 4.79 Å². The quantitative estimate of drug-likeness (QED) is 0.464. The minimum atomic E-state index is -0.900. The van der Waals surface area contributed by atoms with E-state index in [-0.39, 0.29) is 24.3 Å². The molecule has 2 aliphatic rings. The molecule has 34 heavy (non-hydrogen) atoms. The van der Waals surface area contributed by atoms with E-state index in [0.29, 0.717) is 16.5 Å². The van der Waals surface area contributed by atoms with Crippen LogP contribution in [-0.4, -0.2) is 29.6 Å². The van der Waals surface area contributed by atoms with Gasteiger partial charge in [0.15, 0.2) is 0 Å². The number of carbonyl (C=O) groups excluding carboxylic acids is 2. The highest BCUT2D eigenvalue weighted by Crippen LogP contribution is 2.53. The molecular weight excluding hydrogens is 450 g/mol. The van der Waals surface area contributed by atoms with Gasteiger partial charge in [0.2, 0.25) is 5.91 Å². The fraction of sp³-hybridized carbons (Fsp3) is 0.519. The van der Waals surface area contributed by atoms with Gasteiger partial charge in [-0.3, -0.25) is 9.59 Å². The highest BCUT2D eigenvalue weighted by atomic mass is 32.1. The number of amides is 1. The second-order valence-corrected chi connectivity index (χ2v) is 11.2. The second kappa shape index (κ2) is 9.90. The highest BCUT2D eigenvalue weighted by Gasteiger charge is 2.54. The molecule has 0 unspecified atom stereocenters. The maximum absolute atomic E-state index is 13.3. The number of thiophene rings is 1. The number of carbonyl (C=O) groups is 3. The number of anilines is 1. The number of esters is 1. The SMILES string of the molecule is CCOC(=O)c1c(NC(=O)[C@H]2[C@H]3CC[C@@H](C3)[C@@H]2C(=O)O)sc(C)c1-c1ccc(CC(C)C)cc1. The fourth-order valence-electron chi connectivity index (χ4n) is 5.88. The minimum absolute atomic E-state index is 0.0627. The topological polar surface area (TPSA) is 92.7 Å². The Labute approximate surface area is 204 Å². The number of ether oxygens (including phenoxy) is 1. The van der Waals surface area contributed by atoms with E-state index in [9.17, 15) is 19.5 Å². The van der Waals surface area contributed by atoms with Crippen molar-refractivity contribution >= 4 is 34.2 Å². The Bertz CT molecular complexity index is 1090. The molecule has 2 N–H and O–H groups in total. The van der Waals surface area contributed by atoms with E-state index >= 15 is 0 Å². The molecule has 2 saturated carbocycles. The van der Waals surface area contributed by atoms with Crippen LogP contribution in [0.5, 0.6) is 0 Å². The van der Waals surface area contributed by atoms with Crippen molar-refractivity contribution in [2.75, 3.05) is 11.9 Å². The van der Waals surface area contributed by atoms with E-state index < -0.39 is 23.8 Å². The van der Waals surface area contributed by atoms with Gasteiger partial charge in [-0.2, -0.15) is 0 Å². The van der Waals surface area contributed by atoms with Crippen LogP contribution in [0.4, 0.5) is 5.00 Å². The van der Waals surface area contributed by atoms with Crippen molar-refractivity contribution in [2.24, 2.45) is 29.6 Å². The van der Waals surface area contributed by atoms with Gasteiger partial charge in [-0.1, -0.05) is 38.1 Å². The van der Waals surface area contributed by atoms with Crippen molar-refractivity contribution in [1.29, 1.82) is 0 Å². The van der Waals surface area contributed by atoms with Crippen molar-refractivity contribution in [3.05, 3.63) is 40.3 Å². The zero-order valence-electron chi connectivity index (χ0n) is 20.2. The molecule has 1 aromatic heterocycles. The number of aliphatic carboxylic acids is 1. The van der Waals surface area contributed by atoms with Gasteiger partial charge >= 0.3 is 11.9 Å². The van der Waals surface area contributed by atoms with Gasteiger partial charge in [-0.15, -0.1) is 11.3 Å². The van der Waals surface area contributed by atoms with Crippen LogP contribution in [-0.2, 0) is 20.7 Å². The summed E-state index contributed by atoms with van der Waals surface area (Å²) in [6.07, 6.45) is 3.52. The van der Waals surface area contributed by atoms with Crippen LogP contribution in [0.15, 0.2) is 24.3 Å². The molecule has 0 spiro atoms. The number of carboxylic acids is 1. The van der Waals surface area contributed by atoms with E-state index in [4.69, 9.17) is 4.74 Å². The van der Waals surface area contributed by atoms with Crippen LogP contribution in [0.2, 0.25) is 0 Å². The largest absolute Gasteiger partial charge is 0.481 e. The van der Waals surface area contributed by atoms with Gasteiger partial charge in [0.25, 0.3) is 0 Å². The normalized spacial score (nSPS) is 23.3. The average molecular weight is 484 g/mol. The number of hydrogen-bond donors (Lipinski definition) is 2. The molecular formula is C27H33NO5S.